The van der Waals surface area contributed by atoms with Crippen LogP contribution in [0, 0.1) is 6.92 Å². The second-order valence-electron chi connectivity index (χ2n) is 4.80. The molecule has 0 aliphatic carbocycles. The third-order valence-corrected chi connectivity index (χ3v) is 2.90. The van der Waals surface area contributed by atoms with Crippen LogP contribution in [0.4, 0.5) is 5.82 Å². The van der Waals surface area contributed by atoms with E-state index in [0.717, 1.165) is 5.69 Å². The van der Waals surface area contributed by atoms with Crippen molar-refractivity contribution in [1.29, 1.82) is 0 Å². The molecule has 0 atom stereocenters. The first-order chi connectivity index (χ1) is 8.99. The van der Waals surface area contributed by atoms with Crippen LogP contribution in [-0.2, 0) is 0 Å². The van der Waals surface area contributed by atoms with Crippen LogP contribution in [0.5, 0.6) is 0 Å². The summed E-state index contributed by atoms with van der Waals surface area (Å²) in [6.07, 6.45) is 0.590. The van der Waals surface area contributed by atoms with Gasteiger partial charge in [0.2, 0.25) is 0 Å². The van der Waals surface area contributed by atoms with Gasteiger partial charge in [-0.3, -0.25) is 4.79 Å². The van der Waals surface area contributed by atoms with Crippen molar-refractivity contribution >= 4 is 11.7 Å². The van der Waals surface area contributed by atoms with Crippen molar-refractivity contribution in [2.75, 3.05) is 25.5 Å². The van der Waals surface area contributed by atoms with Crippen molar-refractivity contribution in [3.8, 4) is 0 Å². The number of hydrogen-bond acceptors (Lipinski definition) is 4. The maximum Gasteiger partial charge on any atom is 0.254 e. The lowest BCUT2D eigenvalue weighted by atomic mass is 10.1. The number of aryl methyl sites for hydroxylation is 1. The zero-order chi connectivity index (χ0) is 14.4. The molecular weight excluding hydrogens is 242 g/mol. The van der Waals surface area contributed by atoms with E-state index < -0.39 is 0 Å². The molecule has 0 aliphatic rings. The molecule has 5 heteroatoms. The molecule has 5 nitrogen and oxygen atoms in total. The van der Waals surface area contributed by atoms with Crippen molar-refractivity contribution < 1.29 is 9.90 Å². The minimum Gasteiger partial charge on any atom is -0.396 e. The molecule has 0 bridgehead atoms. The van der Waals surface area contributed by atoms with E-state index in [-0.39, 0.29) is 18.6 Å². The van der Waals surface area contributed by atoms with Crippen molar-refractivity contribution in [2.45, 2.75) is 33.2 Å². The summed E-state index contributed by atoms with van der Waals surface area (Å²) in [5, 5.41) is 11.9. The van der Waals surface area contributed by atoms with Crippen LogP contribution in [0.15, 0.2) is 12.1 Å². The zero-order valence-electron chi connectivity index (χ0n) is 12.1. The average Bonchev–Trinajstić information content (AvgIpc) is 2.37. The highest BCUT2D eigenvalue weighted by Crippen LogP contribution is 2.14. The highest BCUT2D eigenvalue weighted by Gasteiger charge is 2.19. The molecule has 2 N–H and O–H groups in total. The van der Waals surface area contributed by atoms with Gasteiger partial charge < -0.3 is 15.3 Å². The van der Waals surface area contributed by atoms with E-state index in [2.05, 4.69) is 10.3 Å². The molecule has 1 aromatic rings. The fraction of sp³-hybridized carbons (Fsp3) is 0.571. The van der Waals surface area contributed by atoms with E-state index in [9.17, 15) is 4.79 Å². The number of carbonyl (C=O) groups is 1. The third-order valence-electron chi connectivity index (χ3n) is 2.90. The molecule has 0 saturated carbocycles. The molecule has 0 spiro atoms. The van der Waals surface area contributed by atoms with Crippen LogP contribution >= 0.6 is 0 Å². The molecule has 106 valence electrons. The number of amides is 1. The largest absolute Gasteiger partial charge is 0.396 e. The fourth-order valence-corrected chi connectivity index (χ4v) is 1.92. The maximum atomic E-state index is 12.5. The first-order valence-electron chi connectivity index (χ1n) is 6.58. The number of rotatable bonds is 6. The molecular formula is C14H23N3O2. The SMILES string of the molecule is CNc1cc(C(=O)N(CCCO)C(C)C)cc(C)n1. The van der Waals surface area contributed by atoms with E-state index >= 15 is 0 Å². The molecule has 0 aliphatic heterocycles. The molecule has 0 unspecified atom stereocenters. The number of aliphatic hydroxyl groups excluding tert-OH is 1. The number of pyridine rings is 1. The Morgan fingerprint density at radius 1 is 1.47 bits per heavy atom. The van der Waals surface area contributed by atoms with Crippen molar-refractivity contribution in [3.63, 3.8) is 0 Å². The summed E-state index contributed by atoms with van der Waals surface area (Å²) in [6, 6.07) is 3.65. The second-order valence-corrected chi connectivity index (χ2v) is 4.80. The Kier molecular flexibility index (Phi) is 5.76. The molecule has 1 rings (SSSR count). The van der Waals surface area contributed by atoms with Crippen LogP contribution in [0.25, 0.3) is 0 Å². The number of hydrogen-bond donors (Lipinski definition) is 2. The molecule has 1 amide bonds. The first-order valence-corrected chi connectivity index (χ1v) is 6.58. The molecule has 0 fully saturated rings. The lowest BCUT2D eigenvalue weighted by Crippen LogP contribution is -2.38. The van der Waals surface area contributed by atoms with E-state index in [4.69, 9.17) is 5.11 Å². The Labute approximate surface area is 114 Å². The third kappa shape index (κ3) is 4.21. The summed E-state index contributed by atoms with van der Waals surface area (Å²) >= 11 is 0. The lowest BCUT2D eigenvalue weighted by Gasteiger charge is -2.26. The smallest absolute Gasteiger partial charge is 0.254 e. The molecule has 1 heterocycles. The van der Waals surface area contributed by atoms with Gasteiger partial charge in [0.15, 0.2) is 0 Å². The number of nitrogens with one attached hydrogen (secondary N) is 1. The highest BCUT2D eigenvalue weighted by atomic mass is 16.3. The molecule has 19 heavy (non-hydrogen) atoms. The van der Waals surface area contributed by atoms with Crippen LogP contribution in [0.1, 0.15) is 36.3 Å². The van der Waals surface area contributed by atoms with Crippen LogP contribution in [-0.4, -0.2) is 47.1 Å². The Morgan fingerprint density at radius 2 is 2.16 bits per heavy atom. The summed E-state index contributed by atoms with van der Waals surface area (Å²) in [7, 11) is 1.78. The summed E-state index contributed by atoms with van der Waals surface area (Å²) in [6.45, 7) is 6.46. The predicted molar refractivity (Wildman–Crippen MR) is 76.4 cm³/mol. The van der Waals surface area contributed by atoms with Gasteiger partial charge >= 0.3 is 0 Å². The standard InChI is InChI=1S/C14H23N3O2/c1-10(2)17(6-5-7-18)14(19)12-8-11(3)16-13(9-12)15-4/h8-10,18H,5-7H2,1-4H3,(H,15,16). The summed E-state index contributed by atoms with van der Waals surface area (Å²) < 4.78 is 0. The van der Waals surface area contributed by atoms with Crippen molar-refractivity contribution in [3.05, 3.63) is 23.4 Å². The molecule has 1 aromatic heterocycles. The van der Waals surface area contributed by atoms with Crippen LogP contribution < -0.4 is 5.32 Å². The number of nitrogens with zero attached hydrogens (tertiary/aromatic N) is 2. The van der Waals surface area contributed by atoms with Gasteiger partial charge in [-0.1, -0.05) is 0 Å². The summed E-state index contributed by atoms with van der Waals surface area (Å²) in [5.41, 5.74) is 1.43. The van der Waals surface area contributed by atoms with Gasteiger partial charge in [0.1, 0.15) is 5.82 Å². The highest BCUT2D eigenvalue weighted by molar-refractivity contribution is 5.95. The zero-order valence-corrected chi connectivity index (χ0v) is 12.1. The number of carbonyl (C=O) groups excluding carboxylic acids is 1. The van der Waals surface area contributed by atoms with Gasteiger partial charge in [-0.15, -0.1) is 0 Å². The van der Waals surface area contributed by atoms with Gasteiger partial charge in [-0.2, -0.15) is 0 Å². The first kappa shape index (κ1) is 15.4. The monoisotopic (exact) mass is 265 g/mol. The minimum atomic E-state index is -0.0227. The van der Waals surface area contributed by atoms with Crippen LogP contribution in [0.2, 0.25) is 0 Å². The average molecular weight is 265 g/mol. The van der Waals surface area contributed by atoms with Gasteiger partial charge in [0.05, 0.1) is 0 Å². The molecule has 0 aromatic carbocycles. The van der Waals surface area contributed by atoms with E-state index in [0.29, 0.717) is 24.3 Å². The predicted octanol–water partition coefficient (Wildman–Crippen LogP) is 1.66. The van der Waals surface area contributed by atoms with Gasteiger partial charge in [0, 0.05) is 37.5 Å². The Bertz CT molecular complexity index is 433. The normalized spacial score (nSPS) is 10.6. The maximum absolute atomic E-state index is 12.5. The van der Waals surface area contributed by atoms with E-state index in [1.165, 1.54) is 0 Å². The minimum absolute atomic E-state index is 0.0227. The quantitative estimate of drug-likeness (QED) is 0.821. The summed E-state index contributed by atoms with van der Waals surface area (Å²) in [4.78, 5) is 18.5. The van der Waals surface area contributed by atoms with E-state index in [1.807, 2.05) is 20.8 Å². The number of aliphatic hydroxyl groups is 1. The molecule has 0 radical (unpaired) electrons. The van der Waals surface area contributed by atoms with Crippen LogP contribution in [0.3, 0.4) is 0 Å². The Morgan fingerprint density at radius 3 is 2.68 bits per heavy atom. The van der Waals surface area contributed by atoms with Gasteiger partial charge in [0.25, 0.3) is 5.91 Å². The van der Waals surface area contributed by atoms with Gasteiger partial charge in [-0.05, 0) is 39.3 Å². The topological polar surface area (TPSA) is 65.5 Å². The van der Waals surface area contributed by atoms with Crippen molar-refractivity contribution in [1.82, 2.24) is 9.88 Å². The molecule has 0 saturated heterocycles. The fourth-order valence-electron chi connectivity index (χ4n) is 1.92. The van der Waals surface area contributed by atoms with Gasteiger partial charge in [-0.25, -0.2) is 4.98 Å². The second kappa shape index (κ2) is 7.09. The Balaban J connectivity index is 2.98. The number of anilines is 1. The Hall–Kier alpha value is -1.62. The van der Waals surface area contributed by atoms with Crippen molar-refractivity contribution in [2.24, 2.45) is 0 Å². The summed E-state index contributed by atoms with van der Waals surface area (Å²) in [5.74, 6) is 0.666. The van der Waals surface area contributed by atoms with E-state index in [1.54, 1.807) is 24.1 Å². The lowest BCUT2D eigenvalue weighted by molar-refractivity contribution is 0.0693. The number of aromatic nitrogens is 1.